The maximum absolute atomic E-state index is 13.6. The summed E-state index contributed by atoms with van der Waals surface area (Å²) in [5.41, 5.74) is 0.222. The van der Waals surface area contributed by atoms with E-state index in [1.54, 1.807) is 6.07 Å². The molecule has 8 nitrogen and oxygen atoms in total. The molecule has 0 aromatic heterocycles. The van der Waals surface area contributed by atoms with Crippen molar-refractivity contribution in [3.8, 4) is 5.75 Å². The summed E-state index contributed by atoms with van der Waals surface area (Å²) in [7, 11) is 1.34. The number of nitro groups is 1. The first kappa shape index (κ1) is 19.8. The molecule has 0 aliphatic rings. The van der Waals surface area contributed by atoms with Crippen molar-refractivity contribution in [1.82, 2.24) is 5.32 Å². The van der Waals surface area contributed by atoms with Crippen molar-refractivity contribution in [2.45, 2.75) is 19.6 Å². The number of benzene rings is 2. The Hall–Kier alpha value is -3.49. The topological polar surface area (TPSA) is 108 Å². The molecule has 9 heteroatoms. The second-order valence-electron chi connectivity index (χ2n) is 5.58. The molecule has 0 saturated carbocycles. The number of carbonyl (C=O) groups is 2. The fourth-order valence-electron chi connectivity index (χ4n) is 2.18. The molecule has 2 aromatic carbocycles. The van der Waals surface area contributed by atoms with E-state index in [1.165, 1.54) is 44.4 Å². The highest BCUT2D eigenvalue weighted by atomic mass is 19.1. The first-order valence-electron chi connectivity index (χ1n) is 7.86. The molecule has 0 saturated heterocycles. The van der Waals surface area contributed by atoms with Crippen LogP contribution in [0, 0.1) is 15.9 Å². The molecule has 1 N–H and O–H groups in total. The standard InChI is InChI=1S/C18H17FN2O6/c1-11(20-17(22)13-4-3-5-14(9-13)21(24)25)18(23)27-10-12-6-7-16(26-2)15(19)8-12/h3-9,11H,10H2,1-2H3,(H,20,22)/t11-/m1/s1. The largest absolute Gasteiger partial charge is 0.494 e. The van der Waals surface area contributed by atoms with Crippen LogP contribution < -0.4 is 10.1 Å². The maximum atomic E-state index is 13.6. The van der Waals surface area contributed by atoms with Gasteiger partial charge in [-0.3, -0.25) is 14.9 Å². The lowest BCUT2D eigenvalue weighted by Gasteiger charge is -2.14. The molecule has 0 unspecified atom stereocenters. The summed E-state index contributed by atoms with van der Waals surface area (Å²) in [4.78, 5) is 34.3. The summed E-state index contributed by atoms with van der Waals surface area (Å²) < 4.78 is 23.5. The van der Waals surface area contributed by atoms with Gasteiger partial charge in [-0.05, 0) is 30.7 Å². The van der Waals surface area contributed by atoms with Crippen LogP contribution in [0.1, 0.15) is 22.8 Å². The third-order valence-corrected chi connectivity index (χ3v) is 3.62. The molecule has 0 bridgehead atoms. The predicted octanol–water partition coefficient (Wildman–Crippen LogP) is 2.60. The Bertz CT molecular complexity index is 871. The second kappa shape index (κ2) is 8.75. The Kier molecular flexibility index (Phi) is 6.42. The van der Waals surface area contributed by atoms with Crippen LogP contribution in [0.4, 0.5) is 10.1 Å². The molecule has 2 rings (SSSR count). The normalized spacial score (nSPS) is 11.4. The summed E-state index contributed by atoms with van der Waals surface area (Å²) in [5.74, 6) is -1.90. The minimum atomic E-state index is -1.00. The van der Waals surface area contributed by atoms with Crippen LogP contribution in [0.15, 0.2) is 42.5 Å². The summed E-state index contributed by atoms with van der Waals surface area (Å²) in [6.45, 7) is 1.23. The molecule has 0 aliphatic heterocycles. The van der Waals surface area contributed by atoms with Gasteiger partial charge in [0, 0.05) is 17.7 Å². The number of nitro benzene ring substituents is 1. The molecule has 1 amide bonds. The van der Waals surface area contributed by atoms with Crippen molar-refractivity contribution >= 4 is 17.6 Å². The molecule has 0 heterocycles. The average Bonchev–Trinajstić information content (AvgIpc) is 2.66. The van der Waals surface area contributed by atoms with Crippen molar-refractivity contribution in [2.24, 2.45) is 0 Å². The minimum Gasteiger partial charge on any atom is -0.494 e. The van der Waals surface area contributed by atoms with Gasteiger partial charge in [0.1, 0.15) is 12.6 Å². The van der Waals surface area contributed by atoms with Crippen LogP contribution >= 0.6 is 0 Å². The van der Waals surface area contributed by atoms with E-state index in [-0.39, 0.29) is 23.6 Å². The van der Waals surface area contributed by atoms with Gasteiger partial charge in [0.15, 0.2) is 11.6 Å². The van der Waals surface area contributed by atoms with Gasteiger partial charge in [-0.15, -0.1) is 0 Å². The summed E-state index contributed by atoms with van der Waals surface area (Å²) in [6.07, 6.45) is 0. The van der Waals surface area contributed by atoms with Crippen LogP contribution in [-0.2, 0) is 16.1 Å². The van der Waals surface area contributed by atoms with E-state index in [2.05, 4.69) is 5.32 Å². The van der Waals surface area contributed by atoms with E-state index < -0.39 is 28.7 Å². The predicted molar refractivity (Wildman–Crippen MR) is 92.8 cm³/mol. The Labute approximate surface area is 154 Å². The van der Waals surface area contributed by atoms with Crippen molar-refractivity contribution in [2.75, 3.05) is 7.11 Å². The molecule has 1 atom stereocenters. The number of hydrogen-bond acceptors (Lipinski definition) is 6. The number of rotatable bonds is 7. The fourth-order valence-corrected chi connectivity index (χ4v) is 2.18. The third kappa shape index (κ3) is 5.24. The zero-order valence-electron chi connectivity index (χ0n) is 14.6. The van der Waals surface area contributed by atoms with Gasteiger partial charge in [-0.2, -0.15) is 0 Å². The number of non-ortho nitro benzene ring substituents is 1. The molecule has 0 aliphatic carbocycles. The molecule has 142 valence electrons. The molecular formula is C18H17FN2O6. The summed E-state index contributed by atoms with van der Waals surface area (Å²) in [6, 6.07) is 8.25. The van der Waals surface area contributed by atoms with E-state index in [0.29, 0.717) is 5.56 Å². The lowest BCUT2D eigenvalue weighted by atomic mass is 10.2. The molecule has 0 spiro atoms. The van der Waals surface area contributed by atoms with Crippen LogP contribution in [0.3, 0.4) is 0 Å². The molecule has 0 radical (unpaired) electrons. The lowest BCUT2D eigenvalue weighted by molar-refractivity contribution is -0.384. The van der Waals surface area contributed by atoms with E-state index >= 15 is 0 Å². The number of ether oxygens (including phenoxy) is 2. The van der Waals surface area contributed by atoms with Crippen molar-refractivity contribution in [3.05, 3.63) is 69.5 Å². The maximum Gasteiger partial charge on any atom is 0.328 e. The number of halogens is 1. The van der Waals surface area contributed by atoms with Crippen molar-refractivity contribution in [1.29, 1.82) is 0 Å². The number of carbonyl (C=O) groups excluding carboxylic acids is 2. The number of hydrogen-bond donors (Lipinski definition) is 1. The number of methoxy groups -OCH3 is 1. The van der Waals surface area contributed by atoms with Crippen LogP contribution in [0.5, 0.6) is 5.75 Å². The SMILES string of the molecule is COc1ccc(COC(=O)[C@@H](C)NC(=O)c2cccc([N+](=O)[O-])c2)cc1F. The van der Waals surface area contributed by atoms with E-state index in [0.717, 1.165) is 6.07 Å². The molecule has 27 heavy (non-hydrogen) atoms. The number of nitrogens with zero attached hydrogens (tertiary/aromatic N) is 1. The Morgan fingerprint density at radius 2 is 2.00 bits per heavy atom. The first-order valence-corrected chi connectivity index (χ1v) is 7.86. The number of esters is 1. The van der Waals surface area contributed by atoms with Gasteiger partial charge in [-0.25, -0.2) is 9.18 Å². The second-order valence-corrected chi connectivity index (χ2v) is 5.58. The number of nitrogens with one attached hydrogen (secondary N) is 1. The highest BCUT2D eigenvalue weighted by Crippen LogP contribution is 2.18. The van der Waals surface area contributed by atoms with Gasteiger partial charge >= 0.3 is 5.97 Å². The van der Waals surface area contributed by atoms with Crippen LogP contribution in [0.2, 0.25) is 0 Å². The Morgan fingerprint density at radius 1 is 1.26 bits per heavy atom. The van der Waals surface area contributed by atoms with Gasteiger partial charge in [0.25, 0.3) is 11.6 Å². The zero-order chi connectivity index (χ0) is 20.0. The van der Waals surface area contributed by atoms with Crippen molar-refractivity contribution in [3.63, 3.8) is 0 Å². The lowest BCUT2D eigenvalue weighted by Crippen LogP contribution is -2.39. The highest BCUT2D eigenvalue weighted by Gasteiger charge is 2.19. The van der Waals surface area contributed by atoms with Gasteiger partial charge < -0.3 is 14.8 Å². The van der Waals surface area contributed by atoms with E-state index in [4.69, 9.17) is 9.47 Å². The highest BCUT2D eigenvalue weighted by molar-refractivity contribution is 5.97. The average molecular weight is 376 g/mol. The zero-order valence-corrected chi connectivity index (χ0v) is 14.6. The molecule has 2 aromatic rings. The minimum absolute atomic E-state index is 0.0427. The first-order chi connectivity index (χ1) is 12.8. The van der Waals surface area contributed by atoms with E-state index in [9.17, 15) is 24.1 Å². The quantitative estimate of drug-likeness (QED) is 0.452. The smallest absolute Gasteiger partial charge is 0.328 e. The fraction of sp³-hybridized carbons (Fsp3) is 0.222. The number of amides is 1. The summed E-state index contributed by atoms with van der Waals surface area (Å²) in [5, 5.41) is 13.2. The van der Waals surface area contributed by atoms with Gasteiger partial charge in [-0.1, -0.05) is 12.1 Å². The summed E-state index contributed by atoms with van der Waals surface area (Å²) >= 11 is 0. The monoisotopic (exact) mass is 376 g/mol. The molecular weight excluding hydrogens is 359 g/mol. The van der Waals surface area contributed by atoms with Gasteiger partial charge in [0.2, 0.25) is 0 Å². The van der Waals surface area contributed by atoms with Gasteiger partial charge in [0.05, 0.1) is 12.0 Å². The van der Waals surface area contributed by atoms with Crippen LogP contribution in [0.25, 0.3) is 0 Å². The molecule has 0 fully saturated rings. The van der Waals surface area contributed by atoms with Crippen molar-refractivity contribution < 1.29 is 28.4 Å². The Balaban J connectivity index is 1.93. The third-order valence-electron chi connectivity index (χ3n) is 3.62. The Morgan fingerprint density at radius 3 is 2.63 bits per heavy atom. The van der Waals surface area contributed by atoms with Crippen LogP contribution in [-0.4, -0.2) is 30.0 Å². The van der Waals surface area contributed by atoms with E-state index in [1.807, 2.05) is 0 Å².